The van der Waals surface area contributed by atoms with Crippen molar-refractivity contribution in [1.29, 1.82) is 0 Å². The highest BCUT2D eigenvalue weighted by Crippen LogP contribution is 2.28. The Hall–Kier alpha value is -3.84. The number of carbonyl (C=O) groups excluding carboxylic acids is 3. The lowest BCUT2D eigenvalue weighted by Crippen LogP contribution is -2.48. The molecule has 0 radical (unpaired) electrons. The summed E-state index contributed by atoms with van der Waals surface area (Å²) >= 11 is 3.41. The van der Waals surface area contributed by atoms with E-state index in [0.29, 0.717) is 22.3 Å². The van der Waals surface area contributed by atoms with E-state index in [1.54, 1.807) is 36.5 Å². The van der Waals surface area contributed by atoms with Crippen LogP contribution < -0.4 is 5.32 Å². The first kappa shape index (κ1) is 21.0. The molecule has 2 heterocycles. The molecule has 0 aliphatic carbocycles. The molecule has 1 aliphatic rings. The van der Waals surface area contributed by atoms with Gasteiger partial charge in [0.15, 0.2) is 0 Å². The number of pyridine rings is 1. The largest absolute Gasteiger partial charge is 0.322 e. The summed E-state index contributed by atoms with van der Waals surface area (Å²) in [5, 5.41) is 3.78. The van der Waals surface area contributed by atoms with Crippen molar-refractivity contribution in [3.05, 3.63) is 106 Å². The summed E-state index contributed by atoms with van der Waals surface area (Å²) in [6.07, 6.45) is 1.84. The normalized spacial score (nSPS) is 13.8. The average Bonchev–Trinajstić information content (AvgIpc) is 3.09. The summed E-state index contributed by atoms with van der Waals surface area (Å²) in [5.74, 6) is -1.39. The second kappa shape index (κ2) is 8.60. The Morgan fingerprint density at radius 2 is 1.55 bits per heavy atom. The Balaban J connectivity index is 1.52. The molecule has 0 unspecified atom stereocenters. The molecule has 1 aromatic heterocycles. The van der Waals surface area contributed by atoms with Gasteiger partial charge in [0, 0.05) is 22.5 Å². The Bertz CT molecular complexity index is 1360. The molecule has 0 spiro atoms. The number of aromatic nitrogens is 1. The van der Waals surface area contributed by atoms with Crippen molar-refractivity contribution >= 4 is 50.2 Å². The van der Waals surface area contributed by atoms with Gasteiger partial charge < -0.3 is 5.32 Å². The van der Waals surface area contributed by atoms with E-state index in [9.17, 15) is 14.4 Å². The maximum absolute atomic E-state index is 13.6. The number of imide groups is 1. The van der Waals surface area contributed by atoms with Gasteiger partial charge in [-0.05, 0) is 42.0 Å². The zero-order valence-electron chi connectivity index (χ0n) is 17.4. The minimum absolute atomic E-state index is 0.183. The maximum atomic E-state index is 13.6. The van der Waals surface area contributed by atoms with E-state index in [1.165, 1.54) is 0 Å². The molecule has 5 rings (SSSR count). The number of anilines is 1. The van der Waals surface area contributed by atoms with Gasteiger partial charge in [0.25, 0.3) is 11.8 Å². The number of benzene rings is 3. The Kier molecular flexibility index (Phi) is 5.48. The second-order valence-corrected chi connectivity index (χ2v) is 8.66. The first-order valence-electron chi connectivity index (χ1n) is 10.4. The van der Waals surface area contributed by atoms with Crippen molar-refractivity contribution in [2.75, 3.05) is 5.32 Å². The smallest absolute Gasteiger partial charge is 0.262 e. The third kappa shape index (κ3) is 3.91. The molecule has 33 heavy (non-hydrogen) atoms. The van der Waals surface area contributed by atoms with Gasteiger partial charge in [-0.2, -0.15) is 0 Å². The van der Waals surface area contributed by atoms with Crippen LogP contribution in [0.3, 0.4) is 0 Å². The molecule has 1 aliphatic heterocycles. The quantitative estimate of drug-likeness (QED) is 0.398. The number of carbonyl (C=O) groups is 3. The molecule has 3 amide bonds. The zero-order chi connectivity index (χ0) is 22.9. The number of rotatable bonds is 5. The molecular weight excluding hydrogens is 482 g/mol. The van der Waals surface area contributed by atoms with Gasteiger partial charge in [-0.1, -0.05) is 58.4 Å². The molecule has 0 saturated heterocycles. The van der Waals surface area contributed by atoms with Gasteiger partial charge in [-0.3, -0.25) is 24.3 Å². The molecule has 162 valence electrons. The Morgan fingerprint density at radius 3 is 2.24 bits per heavy atom. The van der Waals surface area contributed by atoms with Crippen LogP contribution in [-0.2, 0) is 11.2 Å². The van der Waals surface area contributed by atoms with Crippen LogP contribution >= 0.6 is 15.9 Å². The van der Waals surface area contributed by atoms with Crippen LogP contribution in [0.25, 0.3) is 10.9 Å². The van der Waals surface area contributed by atoms with E-state index in [0.717, 1.165) is 20.3 Å². The molecule has 4 aromatic rings. The molecule has 0 fully saturated rings. The first-order valence-corrected chi connectivity index (χ1v) is 11.2. The predicted molar refractivity (Wildman–Crippen MR) is 129 cm³/mol. The Morgan fingerprint density at radius 1 is 0.879 bits per heavy atom. The molecular formula is C26H18BrN3O3. The lowest BCUT2D eigenvalue weighted by atomic mass is 10.0. The number of fused-ring (bicyclic) bond motifs is 2. The van der Waals surface area contributed by atoms with Gasteiger partial charge in [-0.25, -0.2) is 0 Å². The van der Waals surface area contributed by atoms with Crippen LogP contribution in [0.4, 0.5) is 5.69 Å². The summed E-state index contributed by atoms with van der Waals surface area (Å²) < 4.78 is 0.898. The van der Waals surface area contributed by atoms with Crippen LogP contribution in [0.15, 0.2) is 89.5 Å². The van der Waals surface area contributed by atoms with Crippen LogP contribution in [0.5, 0.6) is 0 Å². The Labute approximate surface area is 198 Å². The van der Waals surface area contributed by atoms with Crippen molar-refractivity contribution in [2.24, 2.45) is 0 Å². The number of amides is 3. The molecule has 6 nitrogen and oxygen atoms in total. The van der Waals surface area contributed by atoms with Crippen molar-refractivity contribution in [3.8, 4) is 0 Å². The summed E-state index contributed by atoms with van der Waals surface area (Å²) in [6, 6.07) is 22.3. The van der Waals surface area contributed by atoms with Crippen molar-refractivity contribution in [3.63, 3.8) is 0 Å². The fraction of sp³-hybridized carbons (Fsp3) is 0.0769. The molecule has 3 aromatic carbocycles. The molecule has 1 atom stereocenters. The third-order valence-electron chi connectivity index (χ3n) is 5.67. The minimum atomic E-state index is -1.03. The van der Waals surface area contributed by atoms with Gasteiger partial charge in [-0.15, -0.1) is 0 Å². The molecule has 7 heteroatoms. The van der Waals surface area contributed by atoms with E-state index in [-0.39, 0.29) is 6.42 Å². The number of nitrogens with one attached hydrogen (secondary N) is 1. The highest BCUT2D eigenvalue weighted by molar-refractivity contribution is 9.10. The van der Waals surface area contributed by atoms with E-state index in [1.807, 2.05) is 48.5 Å². The fourth-order valence-corrected chi connectivity index (χ4v) is 4.32. The van der Waals surface area contributed by atoms with Gasteiger partial charge in [0.1, 0.15) is 6.04 Å². The number of hydrogen-bond donors (Lipinski definition) is 1. The average molecular weight is 500 g/mol. The highest BCUT2D eigenvalue weighted by Gasteiger charge is 2.42. The van der Waals surface area contributed by atoms with Crippen molar-refractivity contribution < 1.29 is 14.4 Å². The van der Waals surface area contributed by atoms with E-state index >= 15 is 0 Å². The summed E-state index contributed by atoms with van der Waals surface area (Å²) in [5.41, 5.74) is 2.60. The van der Waals surface area contributed by atoms with Gasteiger partial charge in [0.2, 0.25) is 5.91 Å². The van der Waals surface area contributed by atoms with E-state index < -0.39 is 23.8 Å². The van der Waals surface area contributed by atoms with Gasteiger partial charge in [0.05, 0.1) is 22.3 Å². The van der Waals surface area contributed by atoms with Crippen LogP contribution in [-0.4, -0.2) is 33.6 Å². The predicted octanol–water partition coefficient (Wildman–Crippen LogP) is 4.84. The first-order chi connectivity index (χ1) is 16.0. The third-order valence-corrected chi connectivity index (χ3v) is 6.20. The summed E-state index contributed by atoms with van der Waals surface area (Å²) in [4.78, 5) is 45.3. The van der Waals surface area contributed by atoms with Crippen LogP contribution in [0.2, 0.25) is 0 Å². The lowest BCUT2D eigenvalue weighted by molar-refractivity contribution is -0.119. The highest BCUT2D eigenvalue weighted by atomic mass is 79.9. The number of nitrogens with zero attached hydrogens (tertiary/aromatic N) is 2. The molecule has 1 N–H and O–H groups in total. The molecule has 0 saturated carbocycles. The minimum Gasteiger partial charge on any atom is -0.322 e. The number of para-hydroxylation sites is 1. The van der Waals surface area contributed by atoms with Crippen molar-refractivity contribution in [1.82, 2.24) is 9.88 Å². The number of halogens is 1. The van der Waals surface area contributed by atoms with Crippen LogP contribution in [0, 0.1) is 0 Å². The SMILES string of the molecule is O=C(Nc1cccc2cccnc12)[C@H](Cc1ccc(Br)cc1)N1C(=O)c2ccccc2C1=O. The van der Waals surface area contributed by atoms with Gasteiger partial charge >= 0.3 is 0 Å². The van der Waals surface area contributed by atoms with E-state index in [2.05, 4.69) is 26.2 Å². The summed E-state index contributed by atoms with van der Waals surface area (Å²) in [6.45, 7) is 0. The summed E-state index contributed by atoms with van der Waals surface area (Å²) in [7, 11) is 0. The number of hydrogen-bond acceptors (Lipinski definition) is 4. The zero-order valence-corrected chi connectivity index (χ0v) is 19.0. The van der Waals surface area contributed by atoms with Crippen molar-refractivity contribution in [2.45, 2.75) is 12.5 Å². The molecule has 0 bridgehead atoms. The lowest BCUT2D eigenvalue weighted by Gasteiger charge is -2.26. The van der Waals surface area contributed by atoms with Crippen LogP contribution in [0.1, 0.15) is 26.3 Å². The standard InChI is InChI=1S/C26H18BrN3O3/c27-18-12-10-16(11-13-18)15-22(30-25(32)19-7-1-2-8-20(19)26(30)33)24(31)29-21-9-3-5-17-6-4-14-28-23(17)21/h1-14,22H,15H2,(H,29,31)/t22-/m0/s1. The maximum Gasteiger partial charge on any atom is 0.262 e. The fourth-order valence-electron chi connectivity index (χ4n) is 4.06. The van der Waals surface area contributed by atoms with E-state index in [4.69, 9.17) is 0 Å². The monoisotopic (exact) mass is 499 g/mol. The second-order valence-electron chi connectivity index (χ2n) is 7.74. The topological polar surface area (TPSA) is 79.4 Å².